The number of hydroxylamine groups is 1. The van der Waals surface area contributed by atoms with Crippen LogP contribution in [0.15, 0.2) is 59.6 Å². The number of rotatable bonds is 4. The molecule has 0 saturated heterocycles. The lowest BCUT2D eigenvalue weighted by Crippen LogP contribution is -2.21. The van der Waals surface area contributed by atoms with Crippen LogP contribution in [0.5, 0.6) is 5.75 Å². The average molecular weight is 469 g/mol. The molecule has 0 amide bonds. The summed E-state index contributed by atoms with van der Waals surface area (Å²) in [6.07, 6.45) is -0.656. The van der Waals surface area contributed by atoms with Gasteiger partial charge in [0.15, 0.2) is 5.84 Å². The zero-order valence-corrected chi connectivity index (χ0v) is 20.3. The van der Waals surface area contributed by atoms with Gasteiger partial charge in [-0.25, -0.2) is 15.3 Å². The molecular weight excluding hydrogens is 443 g/mol. The molecule has 32 heavy (non-hydrogen) atoms. The number of aryl methyl sites for hydroxylation is 1. The fourth-order valence-electron chi connectivity index (χ4n) is 3.81. The Hall–Kier alpha value is -2.53. The van der Waals surface area contributed by atoms with Crippen LogP contribution in [0, 0.1) is 6.92 Å². The minimum atomic E-state index is -0.656. The van der Waals surface area contributed by atoms with Crippen LogP contribution in [0.2, 0.25) is 10.0 Å². The van der Waals surface area contributed by atoms with Crippen molar-refractivity contribution in [1.29, 1.82) is 0 Å². The van der Waals surface area contributed by atoms with E-state index in [1.54, 1.807) is 25.3 Å². The highest BCUT2D eigenvalue weighted by atomic mass is 35.5. The summed E-state index contributed by atoms with van der Waals surface area (Å²) in [5.41, 5.74) is 8.80. The number of hydrogen-bond acceptors (Lipinski definition) is 4. The van der Waals surface area contributed by atoms with Gasteiger partial charge < -0.3 is 4.74 Å². The SMILES string of the molecule is COc1c(C2=NC(c3c(Cl)cccc3Cl)ON2)cc(C(C)(C)C)cc1-c1ccccc1C. The number of methoxy groups -OCH3 is 1. The molecule has 1 N–H and O–H groups in total. The second-order valence-electron chi connectivity index (χ2n) is 8.85. The van der Waals surface area contributed by atoms with Crippen molar-refractivity contribution in [3.63, 3.8) is 0 Å². The van der Waals surface area contributed by atoms with E-state index in [0.29, 0.717) is 21.4 Å². The first-order chi connectivity index (χ1) is 15.2. The number of amidine groups is 1. The molecule has 4 rings (SSSR count). The van der Waals surface area contributed by atoms with Crippen LogP contribution in [0.1, 0.15) is 49.3 Å². The molecule has 0 fully saturated rings. The van der Waals surface area contributed by atoms with Crippen molar-refractivity contribution in [3.8, 4) is 16.9 Å². The van der Waals surface area contributed by atoms with Crippen LogP contribution in [-0.4, -0.2) is 12.9 Å². The molecule has 1 aliphatic heterocycles. The molecule has 0 aromatic heterocycles. The molecule has 0 spiro atoms. The minimum absolute atomic E-state index is 0.0794. The van der Waals surface area contributed by atoms with E-state index in [-0.39, 0.29) is 5.41 Å². The van der Waals surface area contributed by atoms with Gasteiger partial charge in [-0.2, -0.15) is 0 Å². The van der Waals surface area contributed by atoms with Crippen LogP contribution in [0.3, 0.4) is 0 Å². The van der Waals surface area contributed by atoms with Gasteiger partial charge in [-0.05, 0) is 53.3 Å². The van der Waals surface area contributed by atoms with Gasteiger partial charge in [0.25, 0.3) is 0 Å². The van der Waals surface area contributed by atoms with Crippen molar-refractivity contribution in [2.75, 3.05) is 7.11 Å². The highest BCUT2D eigenvalue weighted by Crippen LogP contribution is 2.41. The highest BCUT2D eigenvalue weighted by molar-refractivity contribution is 6.36. The second kappa shape index (κ2) is 8.78. The van der Waals surface area contributed by atoms with Gasteiger partial charge in [0.05, 0.1) is 12.7 Å². The summed E-state index contributed by atoms with van der Waals surface area (Å²) in [5.74, 6) is 1.30. The Labute approximate surface area is 199 Å². The Kier molecular flexibility index (Phi) is 6.22. The van der Waals surface area contributed by atoms with Crippen LogP contribution in [0.4, 0.5) is 0 Å². The Morgan fingerprint density at radius 2 is 1.59 bits per heavy atom. The fourth-order valence-corrected chi connectivity index (χ4v) is 4.39. The first-order valence-electron chi connectivity index (χ1n) is 10.4. The van der Waals surface area contributed by atoms with Gasteiger partial charge in [-0.1, -0.05) is 74.3 Å². The molecule has 3 aromatic carbocycles. The summed E-state index contributed by atoms with van der Waals surface area (Å²) in [5, 5.41) is 1.01. The smallest absolute Gasteiger partial charge is 0.205 e. The molecule has 0 saturated carbocycles. The second-order valence-corrected chi connectivity index (χ2v) is 9.67. The maximum absolute atomic E-state index is 6.38. The van der Waals surface area contributed by atoms with E-state index < -0.39 is 6.23 Å². The molecule has 0 radical (unpaired) electrons. The number of ether oxygens (including phenoxy) is 1. The Morgan fingerprint density at radius 3 is 2.22 bits per heavy atom. The van der Waals surface area contributed by atoms with Crippen LogP contribution in [-0.2, 0) is 10.3 Å². The molecule has 1 aliphatic rings. The predicted octanol–water partition coefficient (Wildman–Crippen LogP) is 7.26. The Bertz CT molecular complexity index is 1180. The summed E-state index contributed by atoms with van der Waals surface area (Å²) in [4.78, 5) is 10.6. The average Bonchev–Trinajstić information content (AvgIpc) is 3.22. The van der Waals surface area contributed by atoms with Crippen LogP contribution in [0.25, 0.3) is 11.1 Å². The van der Waals surface area contributed by atoms with Gasteiger partial charge in [-0.3, -0.25) is 0 Å². The molecule has 1 unspecified atom stereocenters. The summed E-state index contributed by atoms with van der Waals surface area (Å²) in [6, 6.07) is 17.9. The molecular formula is C26H26Cl2N2O2. The molecule has 1 atom stereocenters. The summed E-state index contributed by atoms with van der Waals surface area (Å²) < 4.78 is 5.93. The lowest BCUT2D eigenvalue weighted by molar-refractivity contribution is 0.0378. The van der Waals surface area contributed by atoms with E-state index >= 15 is 0 Å². The summed E-state index contributed by atoms with van der Waals surface area (Å²) in [7, 11) is 1.68. The number of nitrogens with zero attached hydrogens (tertiary/aromatic N) is 1. The van der Waals surface area contributed by atoms with Gasteiger partial charge in [0.1, 0.15) is 5.75 Å². The largest absolute Gasteiger partial charge is 0.495 e. The number of nitrogens with one attached hydrogen (secondary N) is 1. The van der Waals surface area contributed by atoms with E-state index in [1.165, 1.54) is 5.56 Å². The number of benzene rings is 3. The molecule has 166 valence electrons. The van der Waals surface area contributed by atoms with E-state index in [1.807, 2.05) is 12.1 Å². The molecule has 6 heteroatoms. The molecule has 0 bridgehead atoms. The van der Waals surface area contributed by atoms with Crippen molar-refractivity contribution in [2.45, 2.75) is 39.3 Å². The zero-order chi connectivity index (χ0) is 23.0. The number of hydrogen-bond donors (Lipinski definition) is 1. The van der Waals surface area contributed by atoms with E-state index in [9.17, 15) is 0 Å². The van der Waals surface area contributed by atoms with E-state index in [2.05, 4.69) is 57.4 Å². The fraction of sp³-hybridized carbons (Fsp3) is 0.269. The lowest BCUT2D eigenvalue weighted by atomic mass is 9.83. The Balaban J connectivity index is 1.91. The van der Waals surface area contributed by atoms with Gasteiger partial charge in [0.2, 0.25) is 6.23 Å². The van der Waals surface area contributed by atoms with Crippen molar-refractivity contribution < 1.29 is 9.57 Å². The maximum Gasteiger partial charge on any atom is 0.205 e. The van der Waals surface area contributed by atoms with Crippen molar-refractivity contribution in [2.24, 2.45) is 4.99 Å². The summed E-state index contributed by atoms with van der Waals surface area (Å²) in [6.45, 7) is 8.66. The molecule has 3 aromatic rings. The molecule has 4 nitrogen and oxygen atoms in total. The third kappa shape index (κ3) is 4.23. The number of aliphatic imine (C=N–C) groups is 1. The third-order valence-electron chi connectivity index (χ3n) is 5.61. The molecule has 0 aliphatic carbocycles. The first kappa shape index (κ1) is 22.7. The van der Waals surface area contributed by atoms with Crippen LogP contribution >= 0.6 is 23.2 Å². The third-order valence-corrected chi connectivity index (χ3v) is 6.27. The lowest BCUT2D eigenvalue weighted by Gasteiger charge is -2.24. The molecule has 1 heterocycles. The van der Waals surface area contributed by atoms with Gasteiger partial charge in [0, 0.05) is 21.2 Å². The number of halogens is 2. The normalized spacial score (nSPS) is 16.0. The standard InChI is InChI=1S/C26H26Cl2N2O2/c1-15-9-6-7-10-17(15)18-13-16(26(2,3)4)14-19(23(18)31-5)24-29-25(32-30-24)22-20(27)11-8-12-21(22)28/h6-14,25H,1-5H3,(H,29,30). The first-order valence-corrected chi connectivity index (χ1v) is 11.2. The van der Waals surface area contributed by atoms with Gasteiger partial charge in [-0.15, -0.1) is 0 Å². The van der Waals surface area contributed by atoms with Gasteiger partial charge >= 0.3 is 0 Å². The highest BCUT2D eigenvalue weighted by Gasteiger charge is 2.29. The van der Waals surface area contributed by atoms with E-state index in [0.717, 1.165) is 28.0 Å². The minimum Gasteiger partial charge on any atom is -0.495 e. The monoisotopic (exact) mass is 468 g/mol. The van der Waals surface area contributed by atoms with Crippen molar-refractivity contribution >= 4 is 29.0 Å². The summed E-state index contributed by atoms with van der Waals surface area (Å²) >= 11 is 12.8. The van der Waals surface area contributed by atoms with Crippen molar-refractivity contribution in [3.05, 3.63) is 86.9 Å². The van der Waals surface area contributed by atoms with E-state index in [4.69, 9.17) is 37.8 Å². The Morgan fingerprint density at radius 1 is 0.938 bits per heavy atom. The van der Waals surface area contributed by atoms with Crippen LogP contribution < -0.4 is 10.2 Å². The topological polar surface area (TPSA) is 42.9 Å². The quantitative estimate of drug-likeness (QED) is 0.438. The maximum atomic E-state index is 6.38. The van der Waals surface area contributed by atoms with Crippen molar-refractivity contribution in [1.82, 2.24) is 5.48 Å². The zero-order valence-electron chi connectivity index (χ0n) is 18.8. The predicted molar refractivity (Wildman–Crippen MR) is 132 cm³/mol.